The first kappa shape index (κ1) is 23.1. The summed E-state index contributed by atoms with van der Waals surface area (Å²) in [6.45, 7) is 2.90. The van der Waals surface area contributed by atoms with Crippen molar-refractivity contribution in [3.63, 3.8) is 0 Å². The Morgan fingerprint density at radius 3 is 2.35 bits per heavy atom. The Bertz CT molecular complexity index is 1940. The summed E-state index contributed by atoms with van der Waals surface area (Å²) in [5.74, 6) is 0.108. The number of carbonyl (C=O) groups excluding carboxylic acids is 1. The predicted molar refractivity (Wildman–Crippen MR) is 148 cm³/mol. The number of aromatic nitrogens is 2. The van der Waals surface area contributed by atoms with E-state index in [4.69, 9.17) is 4.98 Å². The van der Waals surface area contributed by atoms with Gasteiger partial charge in [0.2, 0.25) is 5.91 Å². The molecular formula is C32H24N6O2. The predicted octanol–water partition coefficient (Wildman–Crippen LogP) is 3.76. The third-order valence-corrected chi connectivity index (χ3v) is 9.81. The number of hydrogen-bond donors (Lipinski definition) is 0. The van der Waals surface area contributed by atoms with Gasteiger partial charge in [-0.1, -0.05) is 48.5 Å². The second-order valence-corrected chi connectivity index (χ2v) is 11.0. The van der Waals surface area contributed by atoms with Gasteiger partial charge in [-0.25, -0.2) is 4.98 Å². The summed E-state index contributed by atoms with van der Waals surface area (Å²) >= 11 is 0. The van der Waals surface area contributed by atoms with Crippen molar-refractivity contribution in [1.82, 2.24) is 14.5 Å². The lowest BCUT2D eigenvalue weighted by atomic mass is 9.53. The summed E-state index contributed by atoms with van der Waals surface area (Å²) in [7, 11) is 0. The summed E-state index contributed by atoms with van der Waals surface area (Å²) in [6, 6.07) is 26.7. The smallest absolute Gasteiger partial charge is 0.266 e. The first-order valence-electron chi connectivity index (χ1n) is 13.7. The van der Waals surface area contributed by atoms with Gasteiger partial charge in [0.1, 0.15) is 16.8 Å². The molecule has 1 amide bonds. The average Bonchev–Trinajstić information content (AvgIpc) is 3.70. The molecule has 8 heteroatoms. The first-order valence-corrected chi connectivity index (χ1v) is 13.7. The number of hydrogen-bond acceptors (Lipinski definition) is 6. The Morgan fingerprint density at radius 1 is 0.925 bits per heavy atom. The molecule has 2 fully saturated rings. The number of carbonyl (C=O) groups is 1. The average molecular weight is 525 g/mol. The summed E-state index contributed by atoms with van der Waals surface area (Å²) < 4.78 is 1.58. The van der Waals surface area contributed by atoms with Gasteiger partial charge in [-0.05, 0) is 56.1 Å². The van der Waals surface area contributed by atoms with Gasteiger partial charge in [0, 0.05) is 23.8 Å². The van der Waals surface area contributed by atoms with Crippen LogP contribution in [0.5, 0.6) is 0 Å². The van der Waals surface area contributed by atoms with E-state index >= 15 is 0 Å². The number of anilines is 1. The SMILES string of the molecule is CCN1C(=O)[C@]2(c3ccccc31)C1CCCN1C1(c3ccccc3-n3c1nc1ccccc1c3=O)C2(C#N)C#N. The summed E-state index contributed by atoms with van der Waals surface area (Å²) in [5.41, 5.74) is -1.86. The molecule has 0 saturated carbocycles. The van der Waals surface area contributed by atoms with E-state index < -0.39 is 22.4 Å². The number of para-hydroxylation sites is 3. The Kier molecular flexibility index (Phi) is 4.30. The molecule has 3 aromatic carbocycles. The maximum Gasteiger partial charge on any atom is 0.266 e. The van der Waals surface area contributed by atoms with Crippen LogP contribution in [-0.2, 0) is 15.7 Å². The van der Waals surface area contributed by atoms with Crippen LogP contribution in [0.3, 0.4) is 0 Å². The van der Waals surface area contributed by atoms with Crippen LogP contribution in [0.4, 0.5) is 5.69 Å². The number of nitriles is 2. The van der Waals surface area contributed by atoms with Gasteiger partial charge in [0.15, 0.2) is 5.41 Å². The Hall–Kier alpha value is -4.79. The Labute approximate surface area is 230 Å². The standard InChI is InChI=1S/C32H24N6O2/c1-2-36-24-14-7-4-11-21(24)31(29(36)40)26-16-9-17-37(26)32(30(31,18-33)19-34)22-12-5-8-15-25(22)38-27(39)20-10-3-6-13-23(20)35-28(32)38/h3-8,10-15,26H,2,9,16-17H2,1H3/t26?,31-,32?/m0/s1. The lowest BCUT2D eigenvalue weighted by Gasteiger charge is -2.42. The fraction of sp³-hybridized carbons (Fsp3) is 0.281. The van der Waals surface area contributed by atoms with Crippen molar-refractivity contribution in [2.45, 2.75) is 36.8 Å². The van der Waals surface area contributed by atoms with Crippen molar-refractivity contribution in [1.29, 1.82) is 10.5 Å². The molecule has 1 aromatic heterocycles. The molecule has 4 aliphatic rings. The number of fused-ring (bicyclic) bond motifs is 11. The van der Waals surface area contributed by atoms with Crippen molar-refractivity contribution in [2.75, 3.05) is 18.0 Å². The van der Waals surface area contributed by atoms with Gasteiger partial charge in [0.05, 0.1) is 28.7 Å². The van der Waals surface area contributed by atoms with Crippen LogP contribution in [0.15, 0.2) is 77.6 Å². The van der Waals surface area contributed by atoms with E-state index in [2.05, 4.69) is 17.0 Å². The molecule has 2 spiro atoms. The number of nitrogens with zero attached hydrogens (tertiary/aromatic N) is 6. The van der Waals surface area contributed by atoms with Crippen LogP contribution in [0, 0.1) is 28.1 Å². The minimum atomic E-state index is -1.92. The van der Waals surface area contributed by atoms with Crippen LogP contribution in [0.2, 0.25) is 0 Å². The second-order valence-electron chi connectivity index (χ2n) is 11.0. The molecule has 0 bridgehead atoms. The quantitative estimate of drug-likeness (QED) is 0.375. The number of benzene rings is 3. The van der Waals surface area contributed by atoms with Crippen LogP contribution >= 0.6 is 0 Å². The highest BCUT2D eigenvalue weighted by Crippen LogP contribution is 2.72. The normalized spacial score (nSPS) is 27.0. The van der Waals surface area contributed by atoms with Crippen molar-refractivity contribution in [2.24, 2.45) is 5.41 Å². The highest BCUT2D eigenvalue weighted by Gasteiger charge is 2.85. The van der Waals surface area contributed by atoms with E-state index in [0.717, 1.165) is 12.1 Å². The van der Waals surface area contributed by atoms with Gasteiger partial charge in [-0.2, -0.15) is 10.5 Å². The zero-order valence-corrected chi connectivity index (χ0v) is 21.8. The first-order chi connectivity index (χ1) is 19.5. The van der Waals surface area contributed by atoms with Crippen molar-refractivity contribution < 1.29 is 4.79 Å². The monoisotopic (exact) mass is 524 g/mol. The van der Waals surface area contributed by atoms with E-state index in [1.165, 1.54) is 0 Å². The minimum Gasteiger partial charge on any atom is -0.311 e. The van der Waals surface area contributed by atoms with Gasteiger partial charge >= 0.3 is 0 Å². The van der Waals surface area contributed by atoms with Crippen molar-refractivity contribution >= 4 is 22.5 Å². The van der Waals surface area contributed by atoms with Gasteiger partial charge in [-0.15, -0.1) is 0 Å². The molecule has 40 heavy (non-hydrogen) atoms. The van der Waals surface area contributed by atoms with E-state index in [-0.39, 0.29) is 11.5 Å². The molecule has 3 atom stereocenters. The number of likely N-dealkylation sites (N-methyl/N-ethyl adjacent to an activating group) is 1. The van der Waals surface area contributed by atoms with E-state index in [9.17, 15) is 20.1 Å². The molecule has 0 radical (unpaired) electrons. The summed E-state index contributed by atoms with van der Waals surface area (Å²) in [5, 5.41) is 23.2. The minimum absolute atomic E-state index is 0.229. The Morgan fingerprint density at radius 2 is 1.60 bits per heavy atom. The molecule has 0 N–H and O–H groups in total. The third kappa shape index (κ3) is 2.10. The number of rotatable bonds is 1. The molecule has 8 rings (SSSR count). The van der Waals surface area contributed by atoms with E-state index in [1.54, 1.807) is 27.7 Å². The lowest BCUT2D eigenvalue weighted by Crippen LogP contribution is -2.59. The highest BCUT2D eigenvalue weighted by atomic mass is 16.2. The molecular weight excluding hydrogens is 500 g/mol. The third-order valence-electron chi connectivity index (χ3n) is 9.81. The van der Waals surface area contributed by atoms with Crippen LogP contribution in [0.1, 0.15) is 36.7 Å². The maximum atomic E-state index is 14.8. The second kappa shape index (κ2) is 7.44. The van der Waals surface area contributed by atoms with Crippen LogP contribution < -0.4 is 10.5 Å². The fourth-order valence-electron chi connectivity index (χ4n) is 8.56. The lowest BCUT2D eigenvalue weighted by molar-refractivity contribution is -0.125. The highest BCUT2D eigenvalue weighted by molar-refractivity contribution is 6.11. The van der Waals surface area contributed by atoms with Crippen molar-refractivity contribution in [3.8, 4) is 17.8 Å². The molecule has 4 aromatic rings. The molecule has 5 heterocycles. The van der Waals surface area contributed by atoms with Crippen LogP contribution in [-0.4, -0.2) is 39.5 Å². The zero-order chi connectivity index (χ0) is 27.4. The topological polar surface area (TPSA) is 106 Å². The van der Waals surface area contributed by atoms with Crippen LogP contribution in [0.25, 0.3) is 16.6 Å². The number of amides is 1. The largest absolute Gasteiger partial charge is 0.311 e. The molecule has 2 unspecified atom stereocenters. The van der Waals surface area contributed by atoms with E-state index in [0.29, 0.717) is 53.1 Å². The van der Waals surface area contributed by atoms with Crippen molar-refractivity contribution in [3.05, 3.63) is 100 Å². The molecule has 2 saturated heterocycles. The summed E-state index contributed by atoms with van der Waals surface area (Å²) in [6.07, 6.45) is 1.44. The Balaban J connectivity index is 1.61. The van der Waals surface area contributed by atoms with Gasteiger partial charge in [-0.3, -0.25) is 19.1 Å². The molecule has 4 aliphatic heterocycles. The van der Waals surface area contributed by atoms with Gasteiger partial charge < -0.3 is 4.90 Å². The van der Waals surface area contributed by atoms with E-state index in [1.807, 2.05) is 61.5 Å². The fourth-order valence-corrected chi connectivity index (χ4v) is 8.56. The summed E-state index contributed by atoms with van der Waals surface area (Å²) in [4.78, 5) is 38.0. The maximum absolute atomic E-state index is 14.8. The molecule has 194 valence electrons. The van der Waals surface area contributed by atoms with Gasteiger partial charge in [0.25, 0.3) is 5.56 Å². The molecule has 8 nitrogen and oxygen atoms in total. The zero-order valence-electron chi connectivity index (χ0n) is 21.8. The molecule has 0 aliphatic carbocycles.